The van der Waals surface area contributed by atoms with Crippen molar-refractivity contribution in [3.05, 3.63) is 40.6 Å². The van der Waals surface area contributed by atoms with Crippen LogP contribution in [0.2, 0.25) is 0 Å². The zero-order valence-corrected chi connectivity index (χ0v) is 19.3. The average molecular weight is 467 g/mol. The van der Waals surface area contributed by atoms with Gasteiger partial charge in [-0.05, 0) is 24.6 Å². The first kappa shape index (κ1) is 25.5. The number of nitrogens with zero attached hydrogens (tertiary/aromatic N) is 3. The third-order valence-electron chi connectivity index (χ3n) is 4.76. The number of nitrogens with two attached hydrogens (primary N) is 2. The molecule has 3 rings (SSSR count). The molecule has 1 aliphatic heterocycles. The second-order valence-corrected chi connectivity index (χ2v) is 9.15. The molecule has 0 fully saturated rings. The van der Waals surface area contributed by atoms with E-state index in [1.165, 1.54) is 30.1 Å². The molecule has 0 spiro atoms. The molecular weight excluding hydrogens is 436 g/mol. The third kappa shape index (κ3) is 5.91. The third-order valence-corrected chi connectivity index (χ3v) is 5.90. The lowest BCUT2D eigenvalue weighted by molar-refractivity contribution is 0.103. The fourth-order valence-corrected chi connectivity index (χ4v) is 4.11. The van der Waals surface area contributed by atoms with E-state index in [1.807, 2.05) is 0 Å². The van der Waals surface area contributed by atoms with Crippen LogP contribution in [0, 0.1) is 6.92 Å². The van der Waals surface area contributed by atoms with Gasteiger partial charge in [0.05, 0.1) is 16.8 Å². The van der Waals surface area contributed by atoms with Crippen LogP contribution in [0.15, 0.2) is 28.4 Å². The van der Waals surface area contributed by atoms with Crippen LogP contribution in [0.4, 0.5) is 0 Å². The van der Waals surface area contributed by atoms with Crippen molar-refractivity contribution in [3.8, 4) is 5.88 Å². The van der Waals surface area contributed by atoms with Crippen molar-refractivity contribution in [1.29, 1.82) is 0 Å². The van der Waals surface area contributed by atoms with Crippen LogP contribution in [-0.2, 0) is 21.7 Å². The van der Waals surface area contributed by atoms with Crippen LogP contribution in [0.3, 0.4) is 0 Å². The standard InChI is InChI=1S/C16H17N3O5S.C4H13N3/c1-9-10(15(20)11-8-17-19(2)16(11)21)4-5-13(25(3,22)23)14(9)12-6-7-24-18-12;5-1-3-7-4-2-6/h4-5,8,21H,6-7H2,1-3H3;7H,1-6H2. The predicted molar refractivity (Wildman–Crippen MR) is 121 cm³/mol. The number of nitrogens with one attached hydrogen (secondary N) is 1. The quantitative estimate of drug-likeness (QED) is 0.300. The van der Waals surface area contributed by atoms with Crippen LogP contribution in [0.25, 0.3) is 0 Å². The molecule has 0 unspecified atom stereocenters. The predicted octanol–water partition coefficient (Wildman–Crippen LogP) is -0.314. The molecule has 1 aromatic heterocycles. The molecule has 0 radical (unpaired) electrons. The van der Waals surface area contributed by atoms with E-state index in [4.69, 9.17) is 16.3 Å². The number of rotatable bonds is 8. The van der Waals surface area contributed by atoms with Crippen molar-refractivity contribution < 1.29 is 23.2 Å². The molecular formula is C20H30N6O5S. The number of hydrogen-bond acceptors (Lipinski definition) is 10. The Morgan fingerprint density at radius 2 is 1.91 bits per heavy atom. The second-order valence-electron chi connectivity index (χ2n) is 7.17. The highest BCUT2D eigenvalue weighted by atomic mass is 32.2. The van der Waals surface area contributed by atoms with Crippen LogP contribution >= 0.6 is 0 Å². The minimum atomic E-state index is -3.52. The van der Waals surface area contributed by atoms with Crippen molar-refractivity contribution in [2.45, 2.75) is 18.2 Å². The molecule has 2 aromatic rings. The van der Waals surface area contributed by atoms with Crippen molar-refractivity contribution >= 4 is 21.3 Å². The van der Waals surface area contributed by atoms with Gasteiger partial charge in [0, 0.05) is 57.0 Å². The fraction of sp³-hybridized carbons (Fsp3) is 0.450. The Kier molecular flexibility index (Phi) is 8.89. The Morgan fingerprint density at radius 1 is 1.25 bits per heavy atom. The topological polar surface area (TPSA) is 175 Å². The van der Waals surface area contributed by atoms with Gasteiger partial charge in [-0.25, -0.2) is 13.1 Å². The summed E-state index contributed by atoms with van der Waals surface area (Å²) in [5.41, 5.74) is 12.0. The summed E-state index contributed by atoms with van der Waals surface area (Å²) < 4.78 is 25.5. The Morgan fingerprint density at radius 3 is 2.38 bits per heavy atom. The number of hydrogen-bond donors (Lipinski definition) is 4. The van der Waals surface area contributed by atoms with Crippen LogP contribution in [0.1, 0.15) is 33.5 Å². The number of aryl methyl sites for hydroxylation is 1. The zero-order valence-electron chi connectivity index (χ0n) is 18.5. The van der Waals surface area contributed by atoms with E-state index in [0.717, 1.165) is 19.3 Å². The SMILES string of the molecule is Cc1c(C(=O)c2cnn(C)c2O)ccc(S(C)(=O)=O)c1C1=NOCC1.NCCNCCN. The number of oxime groups is 1. The number of sulfone groups is 1. The zero-order chi connectivity index (χ0) is 23.9. The number of aromatic hydroxyl groups is 1. The van der Waals surface area contributed by atoms with Crippen LogP contribution < -0.4 is 16.8 Å². The minimum absolute atomic E-state index is 0.0493. The van der Waals surface area contributed by atoms with Crippen molar-refractivity contribution in [2.24, 2.45) is 23.7 Å². The Hall–Kier alpha value is -2.80. The molecule has 0 bridgehead atoms. The summed E-state index contributed by atoms with van der Waals surface area (Å²) in [7, 11) is -2.00. The van der Waals surface area contributed by atoms with E-state index in [1.54, 1.807) is 6.92 Å². The number of carbonyl (C=O) groups is 1. The maximum absolute atomic E-state index is 12.8. The van der Waals surface area contributed by atoms with Crippen molar-refractivity contribution in [1.82, 2.24) is 15.1 Å². The second kappa shape index (κ2) is 11.2. The maximum atomic E-state index is 12.8. The monoisotopic (exact) mass is 466 g/mol. The summed E-state index contributed by atoms with van der Waals surface area (Å²) in [5, 5.41) is 20.8. The number of ketones is 1. The van der Waals surface area contributed by atoms with E-state index >= 15 is 0 Å². The molecule has 0 amide bonds. The molecule has 176 valence electrons. The molecule has 0 saturated heterocycles. The van der Waals surface area contributed by atoms with Gasteiger partial charge in [0.25, 0.3) is 0 Å². The van der Waals surface area contributed by atoms with Gasteiger partial charge in [-0.1, -0.05) is 5.16 Å². The smallest absolute Gasteiger partial charge is 0.220 e. The highest BCUT2D eigenvalue weighted by molar-refractivity contribution is 7.90. The molecule has 2 heterocycles. The summed E-state index contributed by atoms with van der Waals surface area (Å²) in [6, 6.07) is 2.83. The largest absolute Gasteiger partial charge is 0.493 e. The molecule has 12 heteroatoms. The fourth-order valence-electron chi connectivity index (χ4n) is 3.15. The molecule has 1 aromatic carbocycles. The van der Waals surface area contributed by atoms with Gasteiger partial charge in [-0.15, -0.1) is 0 Å². The van der Waals surface area contributed by atoms with E-state index in [-0.39, 0.29) is 21.9 Å². The summed E-state index contributed by atoms with van der Waals surface area (Å²) in [6.07, 6.45) is 2.84. The van der Waals surface area contributed by atoms with Gasteiger partial charge in [-0.3, -0.25) is 4.79 Å². The van der Waals surface area contributed by atoms with E-state index in [9.17, 15) is 18.3 Å². The molecule has 6 N–H and O–H groups in total. The van der Waals surface area contributed by atoms with Crippen LogP contribution in [0.5, 0.6) is 5.88 Å². The van der Waals surface area contributed by atoms with Gasteiger partial charge in [-0.2, -0.15) is 5.10 Å². The molecule has 11 nitrogen and oxygen atoms in total. The van der Waals surface area contributed by atoms with E-state index in [0.29, 0.717) is 43.0 Å². The molecule has 0 atom stereocenters. The maximum Gasteiger partial charge on any atom is 0.220 e. The molecule has 0 aliphatic carbocycles. The highest BCUT2D eigenvalue weighted by Crippen LogP contribution is 2.29. The summed E-state index contributed by atoms with van der Waals surface area (Å²) in [4.78, 5) is 17.9. The highest BCUT2D eigenvalue weighted by Gasteiger charge is 2.27. The van der Waals surface area contributed by atoms with Gasteiger partial charge in [0.1, 0.15) is 12.2 Å². The molecule has 32 heavy (non-hydrogen) atoms. The number of benzene rings is 1. The molecule has 0 saturated carbocycles. The van der Waals surface area contributed by atoms with Crippen molar-refractivity contribution in [2.75, 3.05) is 39.0 Å². The van der Waals surface area contributed by atoms with Gasteiger partial charge < -0.3 is 26.7 Å². The summed E-state index contributed by atoms with van der Waals surface area (Å²) in [6.45, 7) is 5.15. The lowest BCUT2D eigenvalue weighted by Crippen LogP contribution is -2.27. The average Bonchev–Trinajstić information content (AvgIpc) is 3.38. The lowest BCUT2D eigenvalue weighted by Gasteiger charge is -2.14. The first-order valence-electron chi connectivity index (χ1n) is 10.0. The number of carbonyl (C=O) groups excluding carboxylic acids is 1. The van der Waals surface area contributed by atoms with Crippen molar-refractivity contribution in [3.63, 3.8) is 0 Å². The minimum Gasteiger partial charge on any atom is -0.493 e. The molecule has 1 aliphatic rings. The van der Waals surface area contributed by atoms with Gasteiger partial charge in [0.15, 0.2) is 15.6 Å². The Bertz CT molecular complexity index is 1090. The number of aromatic nitrogens is 2. The van der Waals surface area contributed by atoms with E-state index < -0.39 is 15.6 Å². The summed E-state index contributed by atoms with van der Waals surface area (Å²) in [5.74, 6) is -0.691. The van der Waals surface area contributed by atoms with Crippen LogP contribution in [-0.4, -0.2) is 73.8 Å². The van der Waals surface area contributed by atoms with E-state index in [2.05, 4.69) is 15.6 Å². The van der Waals surface area contributed by atoms with Gasteiger partial charge in [0.2, 0.25) is 5.88 Å². The first-order valence-corrected chi connectivity index (χ1v) is 11.9. The normalized spacial score (nSPS) is 13.2. The summed E-state index contributed by atoms with van der Waals surface area (Å²) >= 11 is 0. The lowest BCUT2D eigenvalue weighted by atomic mass is 9.93. The van der Waals surface area contributed by atoms with Gasteiger partial charge >= 0.3 is 0 Å². The Labute approximate surface area is 187 Å². The first-order chi connectivity index (χ1) is 15.1. The Balaban J connectivity index is 0.000000451.